The first-order valence-electron chi connectivity index (χ1n) is 11.0. The van der Waals surface area contributed by atoms with Crippen LogP contribution >= 0.6 is 0 Å². The van der Waals surface area contributed by atoms with Gasteiger partial charge in [0, 0.05) is 33.4 Å². The van der Waals surface area contributed by atoms with Crippen LogP contribution in [0, 0.1) is 5.41 Å². The molecular weight excluding hydrogens is 458 g/mol. The molecule has 0 aliphatic carbocycles. The Bertz CT molecular complexity index is 1230. The molecule has 1 atom stereocenters. The van der Waals surface area contributed by atoms with Gasteiger partial charge in [-0.15, -0.1) is 0 Å². The van der Waals surface area contributed by atoms with Crippen LogP contribution in [0.3, 0.4) is 0 Å². The molecule has 5 rings (SSSR count). The third-order valence-electron chi connectivity index (χ3n) is 7.14. The Morgan fingerprint density at radius 1 is 1.00 bits per heavy atom. The van der Waals surface area contributed by atoms with Gasteiger partial charge < -0.3 is 9.64 Å². The van der Waals surface area contributed by atoms with Crippen molar-refractivity contribution in [1.29, 1.82) is 0 Å². The average molecular weight is 481 g/mol. The molecule has 1 unspecified atom stereocenters. The predicted molar refractivity (Wildman–Crippen MR) is 120 cm³/mol. The second-order valence-electron chi connectivity index (χ2n) is 9.01. The van der Waals surface area contributed by atoms with E-state index in [9.17, 15) is 28.8 Å². The molecular formula is C23H23N5O7. The number of likely N-dealkylation sites (N-methyl/N-ethyl adjacent to an activating group) is 1. The second kappa shape index (κ2) is 7.73. The molecule has 12 nitrogen and oxygen atoms in total. The van der Waals surface area contributed by atoms with Crippen LogP contribution in [0.5, 0.6) is 0 Å². The Morgan fingerprint density at radius 2 is 1.69 bits per heavy atom. The van der Waals surface area contributed by atoms with Gasteiger partial charge in [0.25, 0.3) is 11.8 Å². The summed E-state index contributed by atoms with van der Waals surface area (Å²) in [4.78, 5) is 80.6. The smallest absolute Gasteiger partial charge is 0.332 e. The molecule has 1 aromatic rings. The fraction of sp³-hybridized carbons (Fsp3) is 0.391. The van der Waals surface area contributed by atoms with Crippen molar-refractivity contribution in [2.45, 2.75) is 12.5 Å². The van der Waals surface area contributed by atoms with Gasteiger partial charge in [-0.1, -0.05) is 6.07 Å². The minimum Gasteiger partial charge on any atom is -0.377 e. The highest BCUT2D eigenvalue weighted by atomic mass is 16.5. The van der Waals surface area contributed by atoms with E-state index in [4.69, 9.17) is 4.74 Å². The lowest BCUT2D eigenvalue weighted by Crippen LogP contribution is -2.73. The van der Waals surface area contributed by atoms with E-state index in [1.807, 2.05) is 11.0 Å². The van der Waals surface area contributed by atoms with Crippen LogP contribution in [-0.2, 0) is 30.3 Å². The molecule has 8 amide bonds. The molecule has 4 heterocycles. The Labute approximate surface area is 200 Å². The predicted octanol–water partition coefficient (Wildman–Crippen LogP) is -0.424. The number of rotatable bonds is 1. The number of carbonyl (C=O) groups excluding carboxylic acids is 6. The monoisotopic (exact) mass is 481 g/mol. The molecule has 3 fully saturated rings. The van der Waals surface area contributed by atoms with Crippen molar-refractivity contribution in [3.05, 3.63) is 34.9 Å². The highest BCUT2D eigenvalue weighted by molar-refractivity contribution is 6.30. The molecule has 35 heavy (non-hydrogen) atoms. The largest absolute Gasteiger partial charge is 0.377 e. The molecule has 4 aliphatic heterocycles. The van der Waals surface area contributed by atoms with Crippen LogP contribution in [0.25, 0.3) is 6.08 Å². The van der Waals surface area contributed by atoms with Gasteiger partial charge in [0.15, 0.2) is 5.41 Å². The lowest BCUT2D eigenvalue weighted by molar-refractivity contribution is -0.161. The van der Waals surface area contributed by atoms with E-state index in [0.717, 1.165) is 20.4 Å². The number of urea groups is 2. The van der Waals surface area contributed by atoms with E-state index in [1.54, 1.807) is 12.1 Å². The summed E-state index contributed by atoms with van der Waals surface area (Å²) in [6.45, 7) is 0.989. The Hall–Kier alpha value is -4.06. The summed E-state index contributed by atoms with van der Waals surface area (Å²) in [7, 11) is 3.97. The number of hydrogen-bond donors (Lipinski definition) is 1. The number of hydrogen-bond acceptors (Lipinski definition) is 8. The summed E-state index contributed by atoms with van der Waals surface area (Å²) in [5, 5.41) is 2.11. The number of ether oxygens (including phenoxy) is 1. The molecule has 4 aliphatic rings. The molecule has 0 saturated carbocycles. The zero-order valence-corrected chi connectivity index (χ0v) is 19.4. The van der Waals surface area contributed by atoms with Gasteiger partial charge >= 0.3 is 12.1 Å². The number of imide groups is 4. The van der Waals surface area contributed by atoms with Crippen LogP contribution in [0.4, 0.5) is 15.3 Å². The highest BCUT2D eigenvalue weighted by Gasteiger charge is 2.63. The number of anilines is 1. The van der Waals surface area contributed by atoms with E-state index in [-0.39, 0.29) is 18.6 Å². The lowest BCUT2D eigenvalue weighted by Gasteiger charge is -2.54. The van der Waals surface area contributed by atoms with E-state index >= 15 is 0 Å². The molecule has 12 heteroatoms. The van der Waals surface area contributed by atoms with Gasteiger partial charge in [-0.3, -0.25) is 39.2 Å². The van der Waals surface area contributed by atoms with E-state index in [0.29, 0.717) is 24.3 Å². The van der Waals surface area contributed by atoms with Crippen LogP contribution in [0.2, 0.25) is 0 Å². The topological polar surface area (TPSA) is 137 Å². The van der Waals surface area contributed by atoms with Gasteiger partial charge in [0.2, 0.25) is 11.8 Å². The first-order chi connectivity index (χ1) is 16.6. The summed E-state index contributed by atoms with van der Waals surface area (Å²) in [5.74, 6) is -2.73. The Morgan fingerprint density at radius 3 is 2.37 bits per heavy atom. The molecule has 1 spiro atoms. The molecule has 3 saturated heterocycles. The number of carbonyl (C=O) groups is 6. The van der Waals surface area contributed by atoms with Crippen LogP contribution < -0.4 is 10.2 Å². The van der Waals surface area contributed by atoms with Gasteiger partial charge in [-0.05, 0) is 35.8 Å². The first-order valence-corrected chi connectivity index (χ1v) is 11.0. The minimum absolute atomic E-state index is 0.0159. The highest BCUT2D eigenvalue weighted by Crippen LogP contribution is 2.46. The van der Waals surface area contributed by atoms with E-state index < -0.39 is 47.1 Å². The first kappa shape index (κ1) is 22.7. The molecule has 0 bridgehead atoms. The average Bonchev–Trinajstić information content (AvgIpc) is 2.86. The maximum absolute atomic E-state index is 13.5. The maximum atomic E-state index is 13.5. The SMILES string of the molecule is CN1C(=O)NC(=O)C(=Cc2ccc3c(c2)CC2(C(=O)N(C)C(=O)N(C)C2=O)C2COCCN32)C1=O. The van der Waals surface area contributed by atoms with Crippen LogP contribution in [-0.4, -0.2) is 97.3 Å². The molecule has 1 N–H and O–H groups in total. The van der Waals surface area contributed by atoms with Crippen molar-refractivity contribution in [1.82, 2.24) is 20.0 Å². The Kier molecular flexibility index (Phi) is 5.02. The van der Waals surface area contributed by atoms with Crippen LogP contribution in [0.15, 0.2) is 23.8 Å². The quantitative estimate of drug-likeness (QED) is 0.324. The van der Waals surface area contributed by atoms with Crippen molar-refractivity contribution < 1.29 is 33.5 Å². The fourth-order valence-electron chi connectivity index (χ4n) is 5.27. The molecule has 0 radical (unpaired) electrons. The van der Waals surface area contributed by atoms with Crippen molar-refractivity contribution in [2.24, 2.45) is 5.41 Å². The zero-order chi connectivity index (χ0) is 25.2. The van der Waals surface area contributed by atoms with Gasteiger partial charge in [0.1, 0.15) is 5.57 Å². The summed E-state index contributed by atoms with van der Waals surface area (Å²) < 4.78 is 5.65. The number of nitrogens with zero attached hydrogens (tertiary/aromatic N) is 4. The number of barbiturate groups is 2. The maximum Gasteiger partial charge on any atom is 0.332 e. The Balaban J connectivity index is 1.61. The minimum atomic E-state index is -1.57. The van der Waals surface area contributed by atoms with Gasteiger partial charge in [-0.25, -0.2) is 9.59 Å². The summed E-state index contributed by atoms with van der Waals surface area (Å²) >= 11 is 0. The summed E-state index contributed by atoms with van der Waals surface area (Å²) in [6.07, 6.45) is 1.38. The third-order valence-corrected chi connectivity index (χ3v) is 7.14. The van der Waals surface area contributed by atoms with Crippen molar-refractivity contribution in [2.75, 3.05) is 45.8 Å². The number of fused-ring (bicyclic) bond motifs is 4. The molecule has 0 aromatic heterocycles. The fourth-order valence-corrected chi connectivity index (χ4v) is 5.27. The molecule has 1 aromatic carbocycles. The van der Waals surface area contributed by atoms with Gasteiger partial charge in [0.05, 0.1) is 19.3 Å². The van der Waals surface area contributed by atoms with Crippen molar-refractivity contribution >= 4 is 47.5 Å². The number of morpholine rings is 1. The summed E-state index contributed by atoms with van der Waals surface area (Å²) in [5.41, 5.74) is 0.169. The van der Waals surface area contributed by atoms with Gasteiger partial charge in [-0.2, -0.15) is 0 Å². The van der Waals surface area contributed by atoms with E-state index in [1.165, 1.54) is 27.2 Å². The normalized spacial score (nSPS) is 25.3. The number of benzene rings is 1. The molecule has 182 valence electrons. The zero-order valence-electron chi connectivity index (χ0n) is 19.4. The lowest BCUT2D eigenvalue weighted by atomic mass is 9.68. The standard InChI is InChI=1S/C23H23N5O7/c1-25-18(30)14(17(29)24-21(25)33)9-12-4-5-15-13(8-12)10-23(16-11-35-7-6-28(15)16)19(31)26(2)22(34)27(3)20(23)32/h4-5,8-9,16H,6-7,10-11H2,1-3H3,(H,24,29,33). The van der Waals surface area contributed by atoms with Crippen molar-refractivity contribution in [3.8, 4) is 0 Å². The number of nitrogens with one attached hydrogen (secondary N) is 1. The van der Waals surface area contributed by atoms with E-state index in [2.05, 4.69) is 5.32 Å². The van der Waals surface area contributed by atoms with Crippen LogP contribution in [0.1, 0.15) is 11.1 Å². The summed E-state index contributed by atoms with van der Waals surface area (Å²) in [6, 6.07) is 3.14. The number of amides is 8. The second-order valence-corrected chi connectivity index (χ2v) is 9.01. The third kappa shape index (κ3) is 3.09. The van der Waals surface area contributed by atoms with Crippen molar-refractivity contribution in [3.63, 3.8) is 0 Å².